The van der Waals surface area contributed by atoms with E-state index >= 15 is 0 Å². The van der Waals surface area contributed by atoms with Gasteiger partial charge in [-0.3, -0.25) is 0 Å². The fourth-order valence-corrected chi connectivity index (χ4v) is 4.00. The van der Waals surface area contributed by atoms with Crippen molar-refractivity contribution in [2.45, 2.75) is 38.1 Å². The molecule has 102 valence electrons. The Bertz CT molecular complexity index is 503. The highest BCUT2D eigenvalue weighted by Crippen LogP contribution is 2.40. The van der Waals surface area contributed by atoms with Gasteiger partial charge in [0.2, 0.25) is 0 Å². The maximum Gasteiger partial charge on any atom is 0.337 e. The molecule has 2 fully saturated rings. The van der Waals surface area contributed by atoms with E-state index in [0.717, 1.165) is 22.6 Å². The molecule has 1 heterocycles. The first-order chi connectivity index (χ1) is 9.16. The van der Waals surface area contributed by atoms with Crippen LogP contribution in [0.1, 0.15) is 42.5 Å². The molecule has 0 spiro atoms. The molecule has 3 nitrogen and oxygen atoms in total. The van der Waals surface area contributed by atoms with Gasteiger partial charge in [0.15, 0.2) is 0 Å². The van der Waals surface area contributed by atoms with Gasteiger partial charge in [-0.1, -0.05) is 28.8 Å². The Morgan fingerprint density at radius 3 is 2.84 bits per heavy atom. The molecule has 1 saturated carbocycles. The Labute approximate surface area is 121 Å². The molecule has 0 amide bonds. The van der Waals surface area contributed by atoms with Crippen molar-refractivity contribution in [2.24, 2.45) is 5.92 Å². The second kappa shape index (κ2) is 5.16. The van der Waals surface area contributed by atoms with E-state index in [1.54, 1.807) is 6.07 Å². The summed E-state index contributed by atoms with van der Waals surface area (Å²) >= 11 is 3.36. The fraction of sp³-hybridized carbons (Fsp3) is 0.533. The van der Waals surface area contributed by atoms with Gasteiger partial charge in [0, 0.05) is 17.1 Å². The van der Waals surface area contributed by atoms with E-state index in [1.165, 1.54) is 32.1 Å². The van der Waals surface area contributed by atoms with Gasteiger partial charge in [-0.25, -0.2) is 4.79 Å². The Balaban J connectivity index is 1.95. The number of rotatable bonds is 2. The van der Waals surface area contributed by atoms with Crippen LogP contribution in [-0.2, 0) is 0 Å². The van der Waals surface area contributed by atoms with Crippen molar-refractivity contribution in [3.63, 3.8) is 0 Å². The lowest BCUT2D eigenvalue weighted by atomic mass is 9.85. The van der Waals surface area contributed by atoms with Crippen LogP contribution in [0.25, 0.3) is 0 Å². The zero-order valence-electron chi connectivity index (χ0n) is 10.8. The van der Waals surface area contributed by atoms with Crippen molar-refractivity contribution in [3.8, 4) is 0 Å². The molecule has 19 heavy (non-hydrogen) atoms. The number of nitrogens with zero attached hydrogens (tertiary/aromatic N) is 1. The van der Waals surface area contributed by atoms with E-state index in [9.17, 15) is 9.90 Å². The lowest BCUT2D eigenvalue weighted by Crippen LogP contribution is -2.35. The number of benzene rings is 1. The van der Waals surface area contributed by atoms with Gasteiger partial charge in [0.1, 0.15) is 0 Å². The monoisotopic (exact) mass is 323 g/mol. The van der Waals surface area contributed by atoms with E-state index in [4.69, 9.17) is 0 Å². The fourth-order valence-electron chi connectivity index (χ4n) is 3.63. The highest BCUT2D eigenvalue weighted by molar-refractivity contribution is 9.10. The van der Waals surface area contributed by atoms with Gasteiger partial charge < -0.3 is 10.0 Å². The van der Waals surface area contributed by atoms with Crippen molar-refractivity contribution in [1.29, 1.82) is 0 Å². The minimum absolute atomic E-state index is 0.417. The van der Waals surface area contributed by atoms with Crippen LogP contribution in [0.5, 0.6) is 0 Å². The average molecular weight is 324 g/mol. The number of carboxylic acids is 1. The largest absolute Gasteiger partial charge is 0.478 e. The smallest absolute Gasteiger partial charge is 0.337 e. The lowest BCUT2D eigenvalue weighted by molar-refractivity contribution is 0.0697. The molecule has 2 atom stereocenters. The third-order valence-electron chi connectivity index (χ3n) is 4.51. The molecular formula is C15H18BrNO2. The number of fused-ring (bicyclic) bond motifs is 1. The first kappa shape index (κ1) is 13.0. The summed E-state index contributed by atoms with van der Waals surface area (Å²) in [6, 6.07) is 6.16. The SMILES string of the molecule is O=C(O)c1cc(Br)ccc1N1CCC2CCCCC21. The van der Waals surface area contributed by atoms with Gasteiger partial charge in [0.05, 0.1) is 11.3 Å². The summed E-state index contributed by atoms with van der Waals surface area (Å²) in [5.74, 6) is -0.0744. The van der Waals surface area contributed by atoms with Gasteiger partial charge >= 0.3 is 5.97 Å². The van der Waals surface area contributed by atoms with Crippen molar-refractivity contribution in [2.75, 3.05) is 11.4 Å². The van der Waals surface area contributed by atoms with Gasteiger partial charge in [-0.05, 0) is 43.4 Å². The topological polar surface area (TPSA) is 40.5 Å². The molecule has 1 aromatic rings. The van der Waals surface area contributed by atoms with E-state index in [0.29, 0.717) is 11.6 Å². The maximum atomic E-state index is 11.4. The Morgan fingerprint density at radius 2 is 2.05 bits per heavy atom. The first-order valence-electron chi connectivity index (χ1n) is 6.96. The summed E-state index contributed by atoms with van der Waals surface area (Å²) in [7, 11) is 0. The second-order valence-electron chi connectivity index (χ2n) is 5.56. The standard InChI is InChI=1S/C15H18BrNO2/c16-11-5-6-14(12(9-11)15(18)19)17-8-7-10-3-1-2-4-13(10)17/h5-6,9-10,13H,1-4,7-8H2,(H,18,19). The predicted molar refractivity (Wildman–Crippen MR) is 78.8 cm³/mol. The number of anilines is 1. The highest BCUT2D eigenvalue weighted by atomic mass is 79.9. The second-order valence-corrected chi connectivity index (χ2v) is 6.48. The maximum absolute atomic E-state index is 11.4. The van der Waals surface area contributed by atoms with Crippen LogP contribution in [0.2, 0.25) is 0 Å². The molecule has 1 N–H and O–H groups in total. The summed E-state index contributed by atoms with van der Waals surface area (Å²) < 4.78 is 0.827. The molecule has 0 radical (unpaired) electrons. The minimum Gasteiger partial charge on any atom is -0.478 e. The van der Waals surface area contributed by atoms with Crippen molar-refractivity contribution in [3.05, 3.63) is 28.2 Å². The van der Waals surface area contributed by atoms with Crippen LogP contribution in [0.4, 0.5) is 5.69 Å². The molecule has 1 aromatic carbocycles. The van der Waals surface area contributed by atoms with Crippen molar-refractivity contribution >= 4 is 27.6 Å². The minimum atomic E-state index is -0.837. The molecule has 3 rings (SSSR count). The van der Waals surface area contributed by atoms with Crippen molar-refractivity contribution in [1.82, 2.24) is 0 Å². The summed E-state index contributed by atoms with van der Waals surface area (Å²) in [4.78, 5) is 13.8. The molecule has 2 unspecified atom stereocenters. The van der Waals surface area contributed by atoms with Crippen LogP contribution in [-0.4, -0.2) is 23.7 Å². The molecule has 4 heteroatoms. The third-order valence-corrected chi connectivity index (χ3v) is 5.00. The number of hydrogen-bond acceptors (Lipinski definition) is 2. The number of carboxylic acid groups (broad SMARTS) is 1. The van der Waals surface area contributed by atoms with E-state index in [1.807, 2.05) is 12.1 Å². The molecule has 1 aliphatic heterocycles. The van der Waals surface area contributed by atoms with Crippen LogP contribution in [0.15, 0.2) is 22.7 Å². The summed E-state index contributed by atoms with van der Waals surface area (Å²) in [6.07, 6.45) is 6.33. The molecule has 2 aliphatic rings. The van der Waals surface area contributed by atoms with Crippen LogP contribution in [0.3, 0.4) is 0 Å². The lowest BCUT2D eigenvalue weighted by Gasteiger charge is -2.33. The molecule has 0 aromatic heterocycles. The average Bonchev–Trinajstić information content (AvgIpc) is 2.82. The molecule has 0 bridgehead atoms. The number of aromatic carboxylic acids is 1. The van der Waals surface area contributed by atoms with E-state index < -0.39 is 5.97 Å². The van der Waals surface area contributed by atoms with Gasteiger partial charge in [-0.15, -0.1) is 0 Å². The van der Waals surface area contributed by atoms with Crippen LogP contribution in [0, 0.1) is 5.92 Å². The molecular weight excluding hydrogens is 306 g/mol. The van der Waals surface area contributed by atoms with Gasteiger partial charge in [0.25, 0.3) is 0 Å². The van der Waals surface area contributed by atoms with E-state index in [-0.39, 0.29) is 0 Å². The summed E-state index contributed by atoms with van der Waals surface area (Å²) in [6.45, 7) is 0.997. The summed E-state index contributed by atoms with van der Waals surface area (Å²) in [5, 5.41) is 9.40. The Kier molecular flexibility index (Phi) is 3.52. The number of hydrogen-bond donors (Lipinski definition) is 1. The van der Waals surface area contributed by atoms with Crippen LogP contribution >= 0.6 is 15.9 Å². The Hall–Kier alpha value is -1.03. The van der Waals surface area contributed by atoms with Crippen molar-refractivity contribution < 1.29 is 9.90 Å². The number of carbonyl (C=O) groups is 1. The summed E-state index contributed by atoms with van der Waals surface area (Å²) in [5.41, 5.74) is 1.31. The molecule has 1 aliphatic carbocycles. The molecule has 1 saturated heterocycles. The predicted octanol–water partition coefficient (Wildman–Crippen LogP) is 3.92. The normalized spacial score (nSPS) is 26.3. The van der Waals surface area contributed by atoms with E-state index in [2.05, 4.69) is 20.8 Å². The third kappa shape index (κ3) is 2.38. The quantitative estimate of drug-likeness (QED) is 0.896. The highest BCUT2D eigenvalue weighted by Gasteiger charge is 2.36. The van der Waals surface area contributed by atoms with Gasteiger partial charge in [-0.2, -0.15) is 0 Å². The Morgan fingerprint density at radius 1 is 1.26 bits per heavy atom. The number of halogens is 1. The first-order valence-corrected chi connectivity index (χ1v) is 7.75. The zero-order valence-corrected chi connectivity index (χ0v) is 12.4. The zero-order chi connectivity index (χ0) is 13.4. The van der Waals surface area contributed by atoms with Crippen LogP contribution < -0.4 is 4.90 Å².